The van der Waals surface area contributed by atoms with Crippen LogP contribution in [0, 0.1) is 0 Å². The third-order valence-corrected chi connectivity index (χ3v) is 2.80. The van der Waals surface area contributed by atoms with Gasteiger partial charge in [0.25, 0.3) is 0 Å². The molecule has 0 atom stereocenters. The molecule has 1 aromatic heterocycles. The third-order valence-electron chi connectivity index (χ3n) is 2.80. The van der Waals surface area contributed by atoms with Gasteiger partial charge in [-0.05, 0) is 37.8 Å². The second-order valence-electron chi connectivity index (χ2n) is 3.80. The van der Waals surface area contributed by atoms with Crippen LogP contribution in [-0.2, 0) is 6.42 Å². The SMILES string of the molecule is NC1(CCc2ccco2)CCC1. The summed E-state index contributed by atoms with van der Waals surface area (Å²) in [5.74, 6) is 1.06. The molecule has 0 spiro atoms. The molecule has 1 heterocycles. The normalized spacial score (nSPS) is 20.4. The molecule has 2 N–H and O–H groups in total. The maximum absolute atomic E-state index is 6.08. The highest BCUT2D eigenvalue weighted by atomic mass is 16.3. The van der Waals surface area contributed by atoms with Gasteiger partial charge in [-0.2, -0.15) is 0 Å². The standard InChI is InChI=1S/C10H15NO/c11-10(5-2-6-10)7-4-9-3-1-8-12-9/h1,3,8H,2,4-7,11H2. The Morgan fingerprint density at radius 3 is 2.83 bits per heavy atom. The molecule has 2 nitrogen and oxygen atoms in total. The zero-order chi connectivity index (χ0) is 8.44. The van der Waals surface area contributed by atoms with Crippen LogP contribution in [0.3, 0.4) is 0 Å². The number of hydrogen-bond acceptors (Lipinski definition) is 2. The van der Waals surface area contributed by atoms with Gasteiger partial charge in [0.05, 0.1) is 6.26 Å². The minimum Gasteiger partial charge on any atom is -0.469 e. The zero-order valence-electron chi connectivity index (χ0n) is 7.25. The molecule has 66 valence electrons. The van der Waals surface area contributed by atoms with Crippen molar-refractivity contribution in [3.05, 3.63) is 24.2 Å². The van der Waals surface area contributed by atoms with Crippen LogP contribution in [0.1, 0.15) is 31.4 Å². The predicted molar refractivity (Wildman–Crippen MR) is 47.8 cm³/mol. The number of furan rings is 1. The van der Waals surface area contributed by atoms with Crippen LogP contribution >= 0.6 is 0 Å². The fraction of sp³-hybridized carbons (Fsp3) is 0.600. The number of rotatable bonds is 3. The lowest BCUT2D eigenvalue weighted by Gasteiger charge is -2.38. The monoisotopic (exact) mass is 165 g/mol. The van der Waals surface area contributed by atoms with Gasteiger partial charge in [0, 0.05) is 12.0 Å². The van der Waals surface area contributed by atoms with Crippen molar-refractivity contribution in [1.29, 1.82) is 0 Å². The van der Waals surface area contributed by atoms with E-state index in [2.05, 4.69) is 0 Å². The van der Waals surface area contributed by atoms with Crippen LogP contribution in [-0.4, -0.2) is 5.54 Å². The van der Waals surface area contributed by atoms with E-state index in [1.54, 1.807) is 6.26 Å². The Bertz CT molecular complexity index is 236. The van der Waals surface area contributed by atoms with Crippen molar-refractivity contribution in [2.24, 2.45) is 5.73 Å². The van der Waals surface area contributed by atoms with E-state index >= 15 is 0 Å². The van der Waals surface area contributed by atoms with E-state index in [1.807, 2.05) is 12.1 Å². The lowest BCUT2D eigenvalue weighted by molar-refractivity contribution is 0.227. The van der Waals surface area contributed by atoms with Crippen molar-refractivity contribution in [1.82, 2.24) is 0 Å². The lowest BCUT2D eigenvalue weighted by atomic mass is 9.74. The Morgan fingerprint density at radius 1 is 1.50 bits per heavy atom. The molecule has 0 unspecified atom stereocenters. The minimum absolute atomic E-state index is 0.132. The minimum atomic E-state index is 0.132. The van der Waals surface area contributed by atoms with Gasteiger partial charge in [-0.15, -0.1) is 0 Å². The Hall–Kier alpha value is -0.760. The van der Waals surface area contributed by atoms with Crippen molar-refractivity contribution in [2.75, 3.05) is 0 Å². The predicted octanol–water partition coefficient (Wildman–Crippen LogP) is 2.09. The molecule has 12 heavy (non-hydrogen) atoms. The van der Waals surface area contributed by atoms with E-state index in [9.17, 15) is 0 Å². The second kappa shape index (κ2) is 2.94. The van der Waals surface area contributed by atoms with Crippen LogP contribution < -0.4 is 5.73 Å². The molecular formula is C10H15NO. The highest BCUT2D eigenvalue weighted by Crippen LogP contribution is 2.33. The Balaban J connectivity index is 1.82. The van der Waals surface area contributed by atoms with Crippen molar-refractivity contribution in [3.8, 4) is 0 Å². The number of hydrogen-bond donors (Lipinski definition) is 1. The maximum Gasteiger partial charge on any atom is 0.103 e. The van der Waals surface area contributed by atoms with E-state index < -0.39 is 0 Å². The molecule has 0 aromatic carbocycles. The maximum atomic E-state index is 6.08. The molecule has 2 heteroatoms. The summed E-state index contributed by atoms with van der Waals surface area (Å²) in [6.45, 7) is 0. The highest BCUT2D eigenvalue weighted by molar-refractivity contribution is 5.02. The number of nitrogens with two attached hydrogens (primary N) is 1. The summed E-state index contributed by atoms with van der Waals surface area (Å²) in [6.07, 6.45) is 7.46. The quantitative estimate of drug-likeness (QED) is 0.744. The fourth-order valence-electron chi connectivity index (χ4n) is 1.71. The summed E-state index contributed by atoms with van der Waals surface area (Å²) in [7, 11) is 0. The van der Waals surface area contributed by atoms with Gasteiger partial charge < -0.3 is 10.2 Å². The molecular weight excluding hydrogens is 150 g/mol. The van der Waals surface area contributed by atoms with E-state index in [-0.39, 0.29) is 5.54 Å². The number of aryl methyl sites for hydroxylation is 1. The van der Waals surface area contributed by atoms with Crippen LogP contribution in [0.4, 0.5) is 0 Å². The molecule has 1 aliphatic rings. The Morgan fingerprint density at radius 2 is 2.33 bits per heavy atom. The van der Waals surface area contributed by atoms with Crippen LogP contribution in [0.25, 0.3) is 0 Å². The lowest BCUT2D eigenvalue weighted by Crippen LogP contribution is -2.46. The Labute approximate surface area is 72.7 Å². The summed E-state index contributed by atoms with van der Waals surface area (Å²) >= 11 is 0. The smallest absolute Gasteiger partial charge is 0.103 e. The van der Waals surface area contributed by atoms with Gasteiger partial charge in [0.2, 0.25) is 0 Å². The first-order chi connectivity index (χ1) is 5.79. The van der Waals surface area contributed by atoms with Gasteiger partial charge in [-0.3, -0.25) is 0 Å². The Kier molecular flexibility index (Phi) is 1.93. The first-order valence-corrected chi connectivity index (χ1v) is 4.60. The van der Waals surface area contributed by atoms with E-state index in [4.69, 9.17) is 10.2 Å². The molecule has 0 saturated heterocycles. The second-order valence-corrected chi connectivity index (χ2v) is 3.80. The molecule has 0 aliphatic heterocycles. The van der Waals surface area contributed by atoms with Crippen molar-refractivity contribution in [2.45, 2.75) is 37.6 Å². The first-order valence-electron chi connectivity index (χ1n) is 4.60. The summed E-state index contributed by atoms with van der Waals surface area (Å²) in [5.41, 5.74) is 6.21. The van der Waals surface area contributed by atoms with Gasteiger partial charge in [0.1, 0.15) is 5.76 Å². The average Bonchev–Trinajstić information content (AvgIpc) is 2.49. The van der Waals surface area contributed by atoms with E-state index in [0.717, 1.165) is 18.6 Å². The van der Waals surface area contributed by atoms with Gasteiger partial charge >= 0.3 is 0 Å². The van der Waals surface area contributed by atoms with Crippen LogP contribution in [0.5, 0.6) is 0 Å². The molecule has 0 radical (unpaired) electrons. The van der Waals surface area contributed by atoms with Crippen molar-refractivity contribution >= 4 is 0 Å². The largest absolute Gasteiger partial charge is 0.469 e. The molecule has 1 aromatic rings. The van der Waals surface area contributed by atoms with Crippen LogP contribution in [0.2, 0.25) is 0 Å². The molecule has 0 bridgehead atoms. The first kappa shape index (κ1) is 7.87. The van der Waals surface area contributed by atoms with Gasteiger partial charge in [0.15, 0.2) is 0 Å². The van der Waals surface area contributed by atoms with Gasteiger partial charge in [-0.25, -0.2) is 0 Å². The van der Waals surface area contributed by atoms with Gasteiger partial charge in [-0.1, -0.05) is 0 Å². The summed E-state index contributed by atoms with van der Waals surface area (Å²) in [4.78, 5) is 0. The van der Waals surface area contributed by atoms with E-state index in [0.29, 0.717) is 0 Å². The molecule has 0 amide bonds. The summed E-state index contributed by atoms with van der Waals surface area (Å²) in [6, 6.07) is 3.95. The van der Waals surface area contributed by atoms with Crippen molar-refractivity contribution in [3.63, 3.8) is 0 Å². The molecule has 1 fully saturated rings. The average molecular weight is 165 g/mol. The summed E-state index contributed by atoms with van der Waals surface area (Å²) < 4.78 is 5.24. The summed E-state index contributed by atoms with van der Waals surface area (Å²) in [5, 5.41) is 0. The fourth-order valence-corrected chi connectivity index (χ4v) is 1.71. The third kappa shape index (κ3) is 1.53. The van der Waals surface area contributed by atoms with E-state index in [1.165, 1.54) is 19.3 Å². The molecule has 1 aliphatic carbocycles. The highest BCUT2D eigenvalue weighted by Gasteiger charge is 2.31. The molecule has 2 rings (SSSR count). The zero-order valence-corrected chi connectivity index (χ0v) is 7.25. The van der Waals surface area contributed by atoms with Crippen molar-refractivity contribution < 1.29 is 4.42 Å². The van der Waals surface area contributed by atoms with Crippen LogP contribution in [0.15, 0.2) is 22.8 Å². The molecule has 1 saturated carbocycles. The topological polar surface area (TPSA) is 39.2 Å².